The predicted molar refractivity (Wildman–Crippen MR) is 121 cm³/mol. The van der Waals surface area contributed by atoms with Crippen molar-refractivity contribution in [1.29, 1.82) is 0 Å². The molecular weight excluding hydrogens is 394 g/mol. The van der Waals surface area contributed by atoms with Crippen LogP contribution in [0.4, 0.5) is 5.95 Å². The summed E-state index contributed by atoms with van der Waals surface area (Å²) in [6.07, 6.45) is 0.142. The lowest BCUT2D eigenvalue weighted by molar-refractivity contribution is -0.116. The minimum absolute atomic E-state index is 0.142. The first-order valence-corrected chi connectivity index (χ1v) is 10.7. The number of anilines is 1. The van der Waals surface area contributed by atoms with Crippen LogP contribution in [-0.2, 0) is 17.9 Å². The largest absolute Gasteiger partial charge is 0.419 e. The topological polar surface area (TPSA) is 85.3 Å². The van der Waals surface area contributed by atoms with Crippen molar-refractivity contribution in [3.05, 3.63) is 59.1 Å². The summed E-state index contributed by atoms with van der Waals surface area (Å²) in [5.41, 5.74) is 3.04. The summed E-state index contributed by atoms with van der Waals surface area (Å²) >= 11 is 0. The molecule has 31 heavy (non-hydrogen) atoms. The molecule has 0 bridgehead atoms. The van der Waals surface area contributed by atoms with Crippen molar-refractivity contribution < 1.29 is 9.21 Å². The SMILES string of the molecule is CCN(CC)CCn1c(NC(=O)CCn2c(=O)oc3ccccc32)nc2ccccc21. The molecule has 0 aliphatic heterocycles. The molecule has 0 unspecified atom stereocenters. The van der Waals surface area contributed by atoms with Crippen LogP contribution in [0.15, 0.2) is 57.7 Å². The first-order chi connectivity index (χ1) is 15.1. The standard InChI is InChI=1S/C23H27N5O3/c1-3-26(4-2)15-16-27-18-10-6-5-9-17(18)24-22(27)25-21(29)13-14-28-19-11-7-8-12-20(19)31-23(28)30/h5-12H,3-4,13-16H2,1-2H3,(H,24,25,29). The van der Waals surface area contributed by atoms with E-state index in [1.807, 2.05) is 47.0 Å². The summed E-state index contributed by atoms with van der Waals surface area (Å²) in [6.45, 7) is 8.05. The van der Waals surface area contributed by atoms with E-state index in [1.165, 1.54) is 4.57 Å². The van der Waals surface area contributed by atoms with Gasteiger partial charge in [0.15, 0.2) is 5.58 Å². The third-order valence-electron chi connectivity index (χ3n) is 5.58. The number of amides is 1. The molecule has 0 spiro atoms. The van der Waals surface area contributed by atoms with E-state index in [0.717, 1.165) is 37.2 Å². The highest BCUT2D eigenvalue weighted by Crippen LogP contribution is 2.20. The number of para-hydroxylation sites is 4. The van der Waals surface area contributed by atoms with Gasteiger partial charge in [-0.25, -0.2) is 9.78 Å². The number of hydrogen-bond acceptors (Lipinski definition) is 5. The molecule has 0 atom stereocenters. The van der Waals surface area contributed by atoms with Gasteiger partial charge in [0.1, 0.15) is 0 Å². The normalized spacial score (nSPS) is 11.6. The summed E-state index contributed by atoms with van der Waals surface area (Å²) in [6, 6.07) is 15.1. The molecule has 1 N–H and O–H groups in total. The Hall–Kier alpha value is -3.39. The fourth-order valence-electron chi connectivity index (χ4n) is 3.80. The average Bonchev–Trinajstić information content (AvgIpc) is 3.29. The maximum absolute atomic E-state index is 12.7. The van der Waals surface area contributed by atoms with E-state index in [1.54, 1.807) is 6.07 Å². The maximum Gasteiger partial charge on any atom is 0.419 e. The third-order valence-corrected chi connectivity index (χ3v) is 5.58. The van der Waals surface area contributed by atoms with Crippen LogP contribution in [0.2, 0.25) is 0 Å². The Balaban J connectivity index is 1.51. The number of carbonyl (C=O) groups is 1. The van der Waals surface area contributed by atoms with E-state index in [2.05, 4.69) is 29.0 Å². The summed E-state index contributed by atoms with van der Waals surface area (Å²) in [4.78, 5) is 31.8. The van der Waals surface area contributed by atoms with Crippen molar-refractivity contribution in [3.63, 3.8) is 0 Å². The van der Waals surface area contributed by atoms with Crippen LogP contribution >= 0.6 is 0 Å². The number of benzene rings is 2. The first-order valence-electron chi connectivity index (χ1n) is 10.7. The zero-order valence-electron chi connectivity index (χ0n) is 17.9. The van der Waals surface area contributed by atoms with E-state index in [-0.39, 0.29) is 18.9 Å². The van der Waals surface area contributed by atoms with Gasteiger partial charge in [0.2, 0.25) is 11.9 Å². The Morgan fingerprint density at radius 2 is 1.71 bits per heavy atom. The molecule has 0 aliphatic rings. The fourth-order valence-corrected chi connectivity index (χ4v) is 3.80. The Kier molecular flexibility index (Phi) is 6.18. The van der Waals surface area contributed by atoms with E-state index >= 15 is 0 Å². The number of rotatable bonds is 9. The van der Waals surface area contributed by atoms with Crippen LogP contribution in [0.3, 0.4) is 0 Å². The first kappa shape index (κ1) is 20.9. The molecule has 0 saturated heterocycles. The van der Waals surface area contributed by atoms with Gasteiger partial charge in [0, 0.05) is 26.1 Å². The molecular formula is C23H27N5O3. The molecule has 0 aliphatic carbocycles. The quantitative estimate of drug-likeness (QED) is 0.448. The van der Waals surface area contributed by atoms with Gasteiger partial charge in [-0.3, -0.25) is 14.7 Å². The Bertz CT molecular complexity index is 1250. The van der Waals surface area contributed by atoms with Gasteiger partial charge in [-0.2, -0.15) is 0 Å². The molecule has 4 rings (SSSR count). The predicted octanol–water partition coefficient (Wildman–Crippen LogP) is 3.31. The van der Waals surface area contributed by atoms with Gasteiger partial charge in [-0.05, 0) is 37.4 Å². The van der Waals surface area contributed by atoms with Crippen LogP contribution in [0.25, 0.3) is 22.1 Å². The molecule has 1 amide bonds. The number of carbonyl (C=O) groups excluding carboxylic acids is 1. The van der Waals surface area contributed by atoms with Crippen molar-refractivity contribution in [2.45, 2.75) is 33.4 Å². The highest BCUT2D eigenvalue weighted by atomic mass is 16.4. The highest BCUT2D eigenvalue weighted by molar-refractivity contribution is 5.91. The van der Waals surface area contributed by atoms with Crippen LogP contribution in [0.1, 0.15) is 20.3 Å². The van der Waals surface area contributed by atoms with Crippen LogP contribution in [0.5, 0.6) is 0 Å². The summed E-state index contributed by atoms with van der Waals surface area (Å²) < 4.78 is 8.77. The second-order valence-electron chi connectivity index (χ2n) is 7.39. The summed E-state index contributed by atoms with van der Waals surface area (Å²) in [7, 11) is 0. The zero-order chi connectivity index (χ0) is 21.8. The summed E-state index contributed by atoms with van der Waals surface area (Å²) in [5, 5.41) is 2.94. The van der Waals surface area contributed by atoms with Crippen LogP contribution in [-0.4, -0.2) is 44.6 Å². The van der Waals surface area contributed by atoms with E-state index in [9.17, 15) is 9.59 Å². The number of aryl methyl sites for hydroxylation is 1. The number of nitrogens with one attached hydrogen (secondary N) is 1. The molecule has 2 aromatic heterocycles. The van der Waals surface area contributed by atoms with Crippen LogP contribution in [0, 0.1) is 0 Å². The maximum atomic E-state index is 12.7. The Labute approximate surface area is 180 Å². The van der Waals surface area contributed by atoms with Gasteiger partial charge in [-0.15, -0.1) is 0 Å². The van der Waals surface area contributed by atoms with E-state index < -0.39 is 5.76 Å². The van der Waals surface area contributed by atoms with Crippen molar-refractivity contribution >= 4 is 34.0 Å². The van der Waals surface area contributed by atoms with Crippen molar-refractivity contribution in [2.24, 2.45) is 0 Å². The number of nitrogens with zero attached hydrogens (tertiary/aromatic N) is 4. The lowest BCUT2D eigenvalue weighted by Gasteiger charge is -2.19. The molecule has 8 heteroatoms. The molecule has 0 saturated carbocycles. The lowest BCUT2D eigenvalue weighted by Crippen LogP contribution is -2.28. The number of imidazole rings is 1. The second kappa shape index (κ2) is 9.18. The molecule has 4 aromatic rings. The number of oxazole rings is 1. The van der Waals surface area contributed by atoms with E-state index in [4.69, 9.17) is 4.42 Å². The van der Waals surface area contributed by atoms with Crippen molar-refractivity contribution in [1.82, 2.24) is 19.0 Å². The van der Waals surface area contributed by atoms with Crippen molar-refractivity contribution in [3.8, 4) is 0 Å². The van der Waals surface area contributed by atoms with Gasteiger partial charge in [-0.1, -0.05) is 38.1 Å². The molecule has 162 valence electrons. The third kappa shape index (κ3) is 4.39. The molecule has 0 radical (unpaired) electrons. The monoisotopic (exact) mass is 421 g/mol. The Morgan fingerprint density at radius 3 is 2.48 bits per heavy atom. The summed E-state index contributed by atoms with van der Waals surface area (Å²) in [5.74, 6) is -0.125. The minimum atomic E-state index is -0.458. The number of hydrogen-bond donors (Lipinski definition) is 1. The van der Waals surface area contributed by atoms with Crippen molar-refractivity contribution in [2.75, 3.05) is 25.0 Å². The fraction of sp³-hybridized carbons (Fsp3) is 0.348. The van der Waals surface area contributed by atoms with Crippen LogP contribution < -0.4 is 11.1 Å². The molecule has 0 fully saturated rings. The molecule has 2 heterocycles. The van der Waals surface area contributed by atoms with Gasteiger partial charge < -0.3 is 13.9 Å². The highest BCUT2D eigenvalue weighted by Gasteiger charge is 2.15. The van der Waals surface area contributed by atoms with Gasteiger partial charge in [0.25, 0.3) is 0 Å². The average molecular weight is 422 g/mol. The number of aromatic nitrogens is 3. The van der Waals surface area contributed by atoms with Gasteiger partial charge in [0.05, 0.1) is 16.6 Å². The lowest BCUT2D eigenvalue weighted by atomic mass is 10.3. The molecule has 2 aromatic carbocycles. The second-order valence-corrected chi connectivity index (χ2v) is 7.39. The Morgan fingerprint density at radius 1 is 1.00 bits per heavy atom. The number of likely N-dealkylation sites (N-methyl/N-ethyl adjacent to an activating group) is 1. The minimum Gasteiger partial charge on any atom is -0.408 e. The zero-order valence-corrected chi connectivity index (χ0v) is 17.9. The number of fused-ring (bicyclic) bond motifs is 2. The smallest absolute Gasteiger partial charge is 0.408 e. The van der Waals surface area contributed by atoms with E-state index in [0.29, 0.717) is 17.0 Å². The van der Waals surface area contributed by atoms with Gasteiger partial charge >= 0.3 is 5.76 Å². The molecule has 8 nitrogen and oxygen atoms in total.